The number of nitrogens with zero attached hydrogens (tertiary/aromatic N) is 8. The summed E-state index contributed by atoms with van der Waals surface area (Å²) in [4.78, 5) is 35.3. The second kappa shape index (κ2) is 23.0. The van der Waals surface area contributed by atoms with E-state index in [0.717, 1.165) is 22.9 Å². The van der Waals surface area contributed by atoms with Gasteiger partial charge in [0.15, 0.2) is 29.5 Å². The average Bonchev–Trinajstić information content (AvgIpc) is 4.11. The third-order valence-corrected chi connectivity index (χ3v) is 19.0. The predicted molar refractivity (Wildman–Crippen MR) is 283 cm³/mol. The fourth-order valence-electron chi connectivity index (χ4n) is 8.37. The molecule has 1 unspecified atom stereocenters. The summed E-state index contributed by atoms with van der Waals surface area (Å²) in [5.74, 6) is 0.746. The number of ether oxygens (including phenoxy) is 4. The molecule has 21 nitrogen and oxygen atoms in total. The molecule has 73 heavy (non-hydrogen) atoms. The summed E-state index contributed by atoms with van der Waals surface area (Å²) in [6.45, 7) is 11.9. The zero-order valence-corrected chi connectivity index (χ0v) is 46.5. The van der Waals surface area contributed by atoms with Crippen molar-refractivity contribution < 1.29 is 52.6 Å². The molecule has 396 valence electrons. The lowest BCUT2D eigenvalue weighted by Crippen LogP contribution is -2.32. The normalized spacial score (nSPS) is 24.6. The molecular formula is C44H54Cl4N10O11P2S2. The van der Waals surface area contributed by atoms with Crippen molar-refractivity contribution in [3.63, 3.8) is 0 Å². The minimum absolute atomic E-state index is 0.0623. The van der Waals surface area contributed by atoms with E-state index in [2.05, 4.69) is 40.8 Å². The van der Waals surface area contributed by atoms with Crippen LogP contribution >= 0.6 is 84.9 Å². The molecule has 3 saturated heterocycles. The third-order valence-electron chi connectivity index (χ3n) is 11.2. The summed E-state index contributed by atoms with van der Waals surface area (Å²) >= 11 is 27.4. The molecule has 0 amide bonds. The van der Waals surface area contributed by atoms with Crippen LogP contribution in [-0.2, 0) is 45.7 Å². The number of benzene rings is 2. The Kier molecular flexibility index (Phi) is 17.7. The van der Waals surface area contributed by atoms with Gasteiger partial charge in [0, 0.05) is 41.3 Å². The Labute approximate surface area is 448 Å². The van der Waals surface area contributed by atoms with E-state index in [1.807, 2.05) is 77.1 Å². The van der Waals surface area contributed by atoms with E-state index in [1.54, 1.807) is 23.6 Å². The van der Waals surface area contributed by atoms with Gasteiger partial charge in [-0.2, -0.15) is 30.1 Å². The highest BCUT2D eigenvalue weighted by Gasteiger charge is 2.56. The largest absolute Gasteiger partial charge is 0.387 e. The topological polar surface area (TPSA) is 272 Å². The Morgan fingerprint density at radius 1 is 0.712 bits per heavy atom. The number of hydrogen-bond donors (Lipinski definition) is 6. The van der Waals surface area contributed by atoms with Crippen molar-refractivity contribution in [1.29, 1.82) is 0 Å². The van der Waals surface area contributed by atoms with Gasteiger partial charge in [-0.05, 0) is 81.1 Å². The van der Waals surface area contributed by atoms with Crippen LogP contribution in [0.25, 0.3) is 22.1 Å². The molecule has 9 atom stereocenters. The van der Waals surface area contributed by atoms with Gasteiger partial charge < -0.3 is 54.1 Å². The number of halogens is 4. The molecule has 0 aliphatic carbocycles. The summed E-state index contributed by atoms with van der Waals surface area (Å²) in [6.07, 6.45) is -3.13. The number of thioether (sulfide) groups is 2. The molecule has 6 aromatic rings. The Balaban J connectivity index is 0.000000199. The van der Waals surface area contributed by atoms with E-state index in [1.165, 1.54) is 22.6 Å². The van der Waals surface area contributed by atoms with Crippen LogP contribution in [0.5, 0.6) is 0 Å². The van der Waals surface area contributed by atoms with Gasteiger partial charge in [0.1, 0.15) is 36.1 Å². The smallest absolute Gasteiger partial charge is 0.335 e. The maximum absolute atomic E-state index is 13.0. The fourth-order valence-corrected chi connectivity index (χ4v) is 14.6. The first-order valence-electron chi connectivity index (χ1n) is 22.6. The minimum Gasteiger partial charge on any atom is -0.387 e. The van der Waals surface area contributed by atoms with Crippen LogP contribution < -0.4 is 10.6 Å². The van der Waals surface area contributed by atoms with Crippen LogP contribution in [0.4, 0.5) is 11.6 Å². The Hall–Kier alpha value is -2.90. The van der Waals surface area contributed by atoms with Gasteiger partial charge in [-0.15, -0.1) is 23.5 Å². The van der Waals surface area contributed by atoms with E-state index in [-0.39, 0.29) is 34.2 Å². The second-order valence-electron chi connectivity index (χ2n) is 18.8. The molecule has 0 spiro atoms. The molecular weight excluding hydrogens is 1110 g/mol. The second-order valence-corrected chi connectivity index (χ2v) is 27.4. The maximum Gasteiger partial charge on any atom is 0.335 e. The van der Waals surface area contributed by atoms with Crippen molar-refractivity contribution >= 4 is 119 Å². The van der Waals surface area contributed by atoms with Crippen molar-refractivity contribution in [1.82, 2.24) is 39.5 Å². The molecule has 7 heterocycles. The highest BCUT2D eigenvalue weighted by Crippen LogP contribution is 2.51. The lowest BCUT2D eigenvalue weighted by molar-refractivity contribution is -0.195. The molecule has 3 fully saturated rings. The molecule has 0 bridgehead atoms. The van der Waals surface area contributed by atoms with Crippen LogP contribution in [0.15, 0.2) is 60.9 Å². The van der Waals surface area contributed by atoms with Crippen LogP contribution in [0.2, 0.25) is 20.6 Å². The van der Waals surface area contributed by atoms with Gasteiger partial charge in [0.25, 0.3) is 0 Å². The summed E-state index contributed by atoms with van der Waals surface area (Å²) < 4.78 is 57.5. The highest BCUT2D eigenvalue weighted by atomic mass is 35.5. The van der Waals surface area contributed by atoms with Gasteiger partial charge >= 0.3 is 7.60 Å². The molecule has 2 aromatic carbocycles. The summed E-state index contributed by atoms with van der Waals surface area (Å²) in [5, 5.41) is 38.7. The molecule has 29 heteroatoms. The number of aromatic nitrogens is 8. The lowest BCUT2D eigenvalue weighted by atomic mass is 10.1. The van der Waals surface area contributed by atoms with E-state index in [9.17, 15) is 19.3 Å². The van der Waals surface area contributed by atoms with Crippen molar-refractivity contribution in [2.75, 3.05) is 39.8 Å². The number of fused-ring (bicyclic) bond motifs is 3. The summed E-state index contributed by atoms with van der Waals surface area (Å²) in [7, 11) is -6.99. The van der Waals surface area contributed by atoms with Gasteiger partial charge in [-0.25, -0.2) is 9.36 Å². The first-order chi connectivity index (χ1) is 34.3. The molecule has 9 rings (SSSR count). The number of rotatable bonds is 17. The summed E-state index contributed by atoms with van der Waals surface area (Å²) in [5.41, 5.74) is 2.01. The first kappa shape index (κ1) is 56.3. The number of aliphatic hydroxyl groups excluding tert-OH is 2. The molecule has 0 radical (unpaired) electrons. The fraction of sp³-hybridized carbons (Fsp3) is 0.500. The van der Waals surface area contributed by atoms with Crippen LogP contribution in [0.3, 0.4) is 0 Å². The lowest BCUT2D eigenvalue weighted by Gasteiger charge is -2.26. The van der Waals surface area contributed by atoms with Crippen LogP contribution in [0.1, 0.15) is 58.2 Å². The SMILES string of the molecule is CC(C)(C)OP(C)(=O)CSC[C@H]1O[C@@H](n2ncc3c(NCc4ccccc4Cl)nc(Cl)nc32)[C@@H]2OC(C)(C)O[C@@H]21.O=P(O)(O)CSC[C@H]1O[C@@H](n2ncc3c(NCc4ccccc4Cl)nc(Cl)nc32)[C@H](O)[C@@H]1O. The van der Waals surface area contributed by atoms with Gasteiger partial charge in [0.05, 0.1) is 52.0 Å². The van der Waals surface area contributed by atoms with Crippen molar-refractivity contribution in [2.24, 2.45) is 0 Å². The number of aliphatic hydroxyl groups is 2. The van der Waals surface area contributed by atoms with E-state index in [0.29, 0.717) is 62.4 Å². The number of hydrogen-bond acceptors (Lipinski definition) is 19. The number of nitrogens with one attached hydrogen (secondary N) is 2. The zero-order valence-electron chi connectivity index (χ0n) is 40.1. The van der Waals surface area contributed by atoms with Gasteiger partial charge in [-0.1, -0.05) is 59.6 Å². The monoisotopic (exact) mass is 1160 g/mol. The van der Waals surface area contributed by atoms with Crippen LogP contribution in [0, 0.1) is 0 Å². The standard InChI is InChI=1S/C26H34Cl2N5O5PS.C18H20Cl2N5O6PS/c1-25(2,3)38-39(6,34)14-40-13-18-19-20(37-26(4,5)36-19)23(35-18)33-22-16(12-30-33)21(31-24(28)32-22)29-11-15-9-7-8-10-17(15)27;19-11-4-2-1-3-9(11)5-21-15-10-6-22-25(16(10)24-18(20)23-15)17-14(27)13(26)12(31-17)7-33-8-32(28,29)30/h7-10,12,18-20,23H,11,13-14H2,1-6H3,(H,29,31,32);1-4,6,12-14,17,26-27H,5,7-8H2,(H,21,23,24)(H2,28,29,30)/t18-,19-,20-,23-,39?;12-,13-,14-,17-/m11/s1. The molecule has 6 N–H and O–H groups in total. The minimum atomic E-state index is -4.20. The molecule has 4 aromatic heterocycles. The Morgan fingerprint density at radius 2 is 1.19 bits per heavy atom. The zero-order chi connectivity index (χ0) is 52.6. The van der Waals surface area contributed by atoms with Gasteiger partial charge in [0.2, 0.25) is 17.9 Å². The molecule has 0 saturated carbocycles. The highest BCUT2D eigenvalue weighted by molar-refractivity contribution is 8.05. The van der Waals surface area contributed by atoms with Crippen molar-refractivity contribution in [3.05, 3.63) is 92.7 Å². The summed E-state index contributed by atoms with van der Waals surface area (Å²) in [6, 6.07) is 14.9. The third kappa shape index (κ3) is 14.0. The molecule has 3 aliphatic heterocycles. The first-order valence-corrected chi connectivity index (χ1v) is 30.5. The van der Waals surface area contributed by atoms with E-state index >= 15 is 0 Å². The maximum atomic E-state index is 13.0. The Morgan fingerprint density at radius 3 is 1.71 bits per heavy atom. The van der Waals surface area contributed by atoms with Crippen LogP contribution in [-0.4, -0.2) is 137 Å². The predicted octanol–water partition coefficient (Wildman–Crippen LogP) is 8.81. The number of anilines is 2. The quantitative estimate of drug-likeness (QED) is 0.0368. The van der Waals surface area contributed by atoms with Crippen molar-refractivity contribution in [3.8, 4) is 0 Å². The molecule has 3 aliphatic rings. The van der Waals surface area contributed by atoms with Crippen molar-refractivity contribution in [2.45, 2.75) is 108 Å². The average molecular weight is 1170 g/mol. The van der Waals surface area contributed by atoms with E-state index < -0.39 is 68.7 Å². The van der Waals surface area contributed by atoms with Gasteiger partial charge in [-0.3, -0.25) is 9.13 Å². The van der Waals surface area contributed by atoms with E-state index in [4.69, 9.17) is 79.7 Å². The Bertz CT molecular complexity index is 3030.